The van der Waals surface area contributed by atoms with E-state index >= 15 is 0 Å². The Balaban J connectivity index is 1.59. The number of nitrogens with one attached hydrogen (secondary N) is 1. The minimum atomic E-state index is -1.20. The summed E-state index contributed by atoms with van der Waals surface area (Å²) in [6, 6.07) is 7.14. The molecule has 0 bridgehead atoms. The number of fused-ring (bicyclic) bond motifs is 3. The van der Waals surface area contributed by atoms with E-state index in [4.69, 9.17) is 14.5 Å². The van der Waals surface area contributed by atoms with E-state index in [9.17, 15) is 10.1 Å². The van der Waals surface area contributed by atoms with Crippen LogP contribution in [0.25, 0.3) is 21.9 Å². The number of carbonyl (C=O) groups excluding carboxylic acids is 1. The third-order valence-corrected chi connectivity index (χ3v) is 8.20. The van der Waals surface area contributed by atoms with Gasteiger partial charge < -0.3 is 19.7 Å². The lowest BCUT2D eigenvalue weighted by Crippen LogP contribution is -2.36. The lowest BCUT2D eigenvalue weighted by molar-refractivity contribution is 0.0520. The number of rotatable bonds is 8. The Morgan fingerprint density at radius 3 is 2.78 bits per heavy atom. The second kappa shape index (κ2) is 10.7. The van der Waals surface area contributed by atoms with Crippen molar-refractivity contribution < 1.29 is 14.3 Å². The standard InChI is InChI=1S/C27H38N6O3Si/c1-27(2,3)36-26(34)31-15-19-8-10-32(17-19)22-7-9-29-25-24(22)21-13-20(14-28)30-16-23(21)33(25)18-35-11-12-37(4,5)6/h7,9,13,16,19H,8,10-12,15,17-18H2,1-6H3,(H,31,34). The van der Waals surface area contributed by atoms with Gasteiger partial charge in [0.15, 0.2) is 0 Å². The number of nitrogens with zero attached hydrogens (tertiary/aromatic N) is 5. The molecule has 0 radical (unpaired) electrons. The van der Waals surface area contributed by atoms with Crippen molar-refractivity contribution in [3.05, 3.63) is 30.2 Å². The molecule has 1 aliphatic rings. The number of pyridine rings is 2. The first-order chi connectivity index (χ1) is 17.4. The highest BCUT2D eigenvalue weighted by atomic mass is 28.3. The van der Waals surface area contributed by atoms with Crippen molar-refractivity contribution in [2.24, 2.45) is 5.92 Å². The molecule has 0 saturated carbocycles. The normalized spacial score (nSPS) is 16.4. The van der Waals surface area contributed by atoms with Crippen LogP contribution in [0, 0.1) is 17.2 Å². The summed E-state index contributed by atoms with van der Waals surface area (Å²) in [7, 11) is -1.20. The number of ether oxygens (including phenoxy) is 2. The zero-order valence-corrected chi connectivity index (χ0v) is 23.8. The average Bonchev–Trinajstić information content (AvgIpc) is 3.41. The van der Waals surface area contributed by atoms with Gasteiger partial charge in [-0.2, -0.15) is 5.26 Å². The van der Waals surface area contributed by atoms with Crippen molar-refractivity contribution in [2.45, 2.75) is 65.2 Å². The maximum absolute atomic E-state index is 12.1. The van der Waals surface area contributed by atoms with Gasteiger partial charge in [-0.25, -0.2) is 14.8 Å². The van der Waals surface area contributed by atoms with Crippen molar-refractivity contribution in [1.29, 1.82) is 5.26 Å². The molecule has 3 aromatic rings. The molecule has 0 aliphatic carbocycles. The molecule has 10 heteroatoms. The summed E-state index contributed by atoms with van der Waals surface area (Å²) < 4.78 is 13.5. The van der Waals surface area contributed by atoms with Crippen LogP contribution in [0.15, 0.2) is 24.5 Å². The second-order valence-electron chi connectivity index (χ2n) is 12.0. The van der Waals surface area contributed by atoms with E-state index in [1.54, 1.807) is 6.20 Å². The van der Waals surface area contributed by atoms with E-state index in [0.717, 1.165) is 53.2 Å². The van der Waals surface area contributed by atoms with Crippen molar-refractivity contribution in [3.8, 4) is 6.07 Å². The van der Waals surface area contributed by atoms with Gasteiger partial charge in [0, 0.05) is 51.6 Å². The first-order valence-corrected chi connectivity index (χ1v) is 16.6. The van der Waals surface area contributed by atoms with Crippen LogP contribution in [-0.4, -0.2) is 60.5 Å². The topological polar surface area (TPSA) is 105 Å². The number of aromatic nitrogens is 3. The van der Waals surface area contributed by atoms with Gasteiger partial charge in [0.1, 0.15) is 29.7 Å². The monoisotopic (exact) mass is 522 g/mol. The number of amides is 1. The Hall–Kier alpha value is -3.16. The van der Waals surface area contributed by atoms with Gasteiger partial charge in [-0.1, -0.05) is 19.6 Å². The molecule has 3 aromatic heterocycles. The van der Waals surface area contributed by atoms with E-state index in [2.05, 4.69) is 45.5 Å². The average molecular weight is 523 g/mol. The first kappa shape index (κ1) is 26.9. The molecule has 37 heavy (non-hydrogen) atoms. The summed E-state index contributed by atoms with van der Waals surface area (Å²) >= 11 is 0. The summed E-state index contributed by atoms with van der Waals surface area (Å²) in [6.45, 7) is 15.9. The Morgan fingerprint density at radius 2 is 2.08 bits per heavy atom. The Labute approximate surface area is 219 Å². The molecule has 198 valence electrons. The number of nitriles is 1. The molecular weight excluding hydrogens is 484 g/mol. The summed E-state index contributed by atoms with van der Waals surface area (Å²) in [5, 5.41) is 14.4. The minimum Gasteiger partial charge on any atom is -0.444 e. The number of carbonyl (C=O) groups is 1. The van der Waals surface area contributed by atoms with E-state index in [1.165, 1.54) is 0 Å². The summed E-state index contributed by atoms with van der Waals surface area (Å²) in [4.78, 5) is 23.5. The molecule has 9 nitrogen and oxygen atoms in total. The summed E-state index contributed by atoms with van der Waals surface area (Å²) in [6.07, 6.45) is 4.16. The molecule has 1 fully saturated rings. The Bertz CT molecular complexity index is 1320. The van der Waals surface area contributed by atoms with Gasteiger partial charge >= 0.3 is 6.09 Å². The van der Waals surface area contributed by atoms with Crippen molar-refractivity contribution in [1.82, 2.24) is 19.9 Å². The van der Waals surface area contributed by atoms with Gasteiger partial charge in [0.25, 0.3) is 0 Å². The van der Waals surface area contributed by atoms with Crippen LogP contribution in [-0.2, 0) is 16.2 Å². The zero-order chi connectivity index (χ0) is 26.8. The maximum Gasteiger partial charge on any atom is 0.407 e. The van der Waals surface area contributed by atoms with Crippen LogP contribution in [0.2, 0.25) is 25.7 Å². The third kappa shape index (κ3) is 6.59. The fourth-order valence-corrected chi connectivity index (χ4v) is 5.39. The largest absolute Gasteiger partial charge is 0.444 e. The predicted octanol–water partition coefficient (Wildman–Crippen LogP) is 5.12. The predicted molar refractivity (Wildman–Crippen MR) is 148 cm³/mol. The van der Waals surface area contributed by atoms with Gasteiger partial charge in [-0.15, -0.1) is 0 Å². The Morgan fingerprint density at radius 1 is 1.30 bits per heavy atom. The Kier molecular flexibility index (Phi) is 7.76. The van der Waals surface area contributed by atoms with Gasteiger partial charge in [0.05, 0.1) is 17.1 Å². The molecule has 1 unspecified atom stereocenters. The highest BCUT2D eigenvalue weighted by molar-refractivity contribution is 6.76. The molecule has 4 rings (SSSR count). The molecule has 1 atom stereocenters. The molecular formula is C27H38N6O3Si. The fraction of sp³-hybridized carbons (Fsp3) is 0.556. The number of hydrogen-bond acceptors (Lipinski definition) is 7. The maximum atomic E-state index is 12.1. The van der Waals surface area contributed by atoms with Gasteiger partial charge in [-0.05, 0) is 51.3 Å². The second-order valence-corrected chi connectivity index (χ2v) is 17.6. The SMILES string of the molecule is CC(C)(C)OC(=O)NCC1CCN(c2ccnc3c2c2cc(C#N)ncc2n3COCC[Si](C)(C)C)C1. The van der Waals surface area contributed by atoms with Crippen LogP contribution < -0.4 is 10.2 Å². The molecule has 1 N–H and O–H groups in total. The van der Waals surface area contributed by atoms with Gasteiger partial charge in [0.2, 0.25) is 0 Å². The zero-order valence-electron chi connectivity index (χ0n) is 22.8. The summed E-state index contributed by atoms with van der Waals surface area (Å²) in [5.74, 6) is 0.310. The van der Waals surface area contributed by atoms with E-state index in [0.29, 0.717) is 31.5 Å². The lowest BCUT2D eigenvalue weighted by atomic mass is 10.1. The highest BCUT2D eigenvalue weighted by Gasteiger charge is 2.27. The van der Waals surface area contributed by atoms with Crippen LogP contribution in [0.1, 0.15) is 32.9 Å². The lowest BCUT2D eigenvalue weighted by Gasteiger charge is -2.22. The highest BCUT2D eigenvalue weighted by Crippen LogP contribution is 2.37. The number of alkyl carbamates (subject to hydrolysis) is 1. The summed E-state index contributed by atoms with van der Waals surface area (Å²) in [5.41, 5.74) is 2.67. The molecule has 0 aromatic carbocycles. The van der Waals surface area contributed by atoms with E-state index < -0.39 is 13.7 Å². The van der Waals surface area contributed by atoms with Crippen LogP contribution in [0.5, 0.6) is 0 Å². The van der Waals surface area contributed by atoms with Crippen LogP contribution >= 0.6 is 0 Å². The fourth-order valence-electron chi connectivity index (χ4n) is 4.63. The van der Waals surface area contributed by atoms with Crippen molar-refractivity contribution >= 4 is 41.8 Å². The van der Waals surface area contributed by atoms with Crippen molar-refractivity contribution in [3.63, 3.8) is 0 Å². The van der Waals surface area contributed by atoms with E-state index in [-0.39, 0.29) is 6.09 Å². The molecule has 4 heterocycles. The quantitative estimate of drug-likeness (QED) is 0.323. The first-order valence-electron chi connectivity index (χ1n) is 12.9. The van der Waals surface area contributed by atoms with Gasteiger partial charge in [-0.3, -0.25) is 4.57 Å². The van der Waals surface area contributed by atoms with E-state index in [1.807, 2.05) is 39.1 Å². The van der Waals surface area contributed by atoms with Crippen LogP contribution in [0.4, 0.5) is 10.5 Å². The molecule has 1 amide bonds. The number of hydrogen-bond donors (Lipinski definition) is 1. The van der Waals surface area contributed by atoms with Crippen molar-refractivity contribution in [2.75, 3.05) is 31.1 Å². The molecule has 1 aliphatic heterocycles. The van der Waals surface area contributed by atoms with Crippen LogP contribution in [0.3, 0.4) is 0 Å². The smallest absolute Gasteiger partial charge is 0.407 e. The molecule has 1 saturated heterocycles. The number of anilines is 1. The molecule has 0 spiro atoms. The third-order valence-electron chi connectivity index (χ3n) is 6.50. The minimum absolute atomic E-state index is 0.310.